The van der Waals surface area contributed by atoms with Crippen molar-refractivity contribution in [3.63, 3.8) is 0 Å². The predicted octanol–water partition coefficient (Wildman–Crippen LogP) is 3.13. The van der Waals surface area contributed by atoms with Gasteiger partial charge in [-0.3, -0.25) is 9.20 Å². The maximum Gasteiger partial charge on any atom is 0.274 e. The van der Waals surface area contributed by atoms with Crippen LogP contribution in [0, 0.1) is 6.92 Å². The first-order chi connectivity index (χ1) is 13.2. The van der Waals surface area contributed by atoms with Crippen LogP contribution in [0.2, 0.25) is 0 Å². The molecule has 1 aliphatic carbocycles. The van der Waals surface area contributed by atoms with Gasteiger partial charge in [0.15, 0.2) is 0 Å². The van der Waals surface area contributed by atoms with E-state index in [0.29, 0.717) is 23.2 Å². The number of hydrogen-bond donors (Lipinski definition) is 1. The first kappa shape index (κ1) is 15.7. The van der Waals surface area contributed by atoms with Gasteiger partial charge in [0.2, 0.25) is 5.82 Å². The molecule has 0 saturated heterocycles. The number of aryl methyl sites for hydroxylation is 1. The Morgan fingerprint density at radius 2 is 2.15 bits per heavy atom. The molecule has 0 radical (unpaired) electrons. The van der Waals surface area contributed by atoms with Gasteiger partial charge >= 0.3 is 0 Å². The maximum atomic E-state index is 12.8. The number of nitrogens with zero attached hydrogens (tertiary/aromatic N) is 6. The minimum atomic E-state index is -0.219. The smallest absolute Gasteiger partial charge is 0.274 e. The van der Waals surface area contributed by atoms with Gasteiger partial charge in [0, 0.05) is 18.9 Å². The number of nitrogens with one attached hydrogen (secondary N) is 1. The van der Waals surface area contributed by atoms with Gasteiger partial charge in [0.25, 0.3) is 5.91 Å². The van der Waals surface area contributed by atoms with Gasteiger partial charge in [0.1, 0.15) is 11.3 Å². The van der Waals surface area contributed by atoms with Crippen molar-refractivity contribution in [2.24, 2.45) is 0 Å². The standard InChI is InChI=1S/C19H17N7O.H2/c1-12-5-6-13(18-22-24-26(23-18)14-7-8-14)10-15(12)21-19(27)16-11-20-17-4-2-3-9-25(16)17;/h2-6,9-11,14H,7-8H2,1H3,(H,21,27);1H. The van der Waals surface area contributed by atoms with Gasteiger partial charge in [-0.1, -0.05) is 18.2 Å². The Kier molecular flexibility index (Phi) is 3.49. The van der Waals surface area contributed by atoms with Crippen LogP contribution in [0.25, 0.3) is 17.0 Å². The lowest BCUT2D eigenvalue weighted by atomic mass is 10.1. The summed E-state index contributed by atoms with van der Waals surface area (Å²) in [7, 11) is 0. The molecule has 4 aromatic rings. The number of imidazole rings is 1. The normalized spacial score (nSPS) is 13.8. The molecular formula is C19H19N7O. The van der Waals surface area contributed by atoms with Crippen molar-refractivity contribution in [1.82, 2.24) is 29.6 Å². The fourth-order valence-corrected chi connectivity index (χ4v) is 2.98. The van der Waals surface area contributed by atoms with Crippen LogP contribution in [0.3, 0.4) is 0 Å². The summed E-state index contributed by atoms with van der Waals surface area (Å²) in [6.07, 6.45) is 5.60. The van der Waals surface area contributed by atoms with E-state index in [2.05, 4.69) is 25.7 Å². The Labute approximate surface area is 156 Å². The molecule has 0 spiro atoms. The lowest BCUT2D eigenvalue weighted by Crippen LogP contribution is -2.15. The Morgan fingerprint density at radius 3 is 3.00 bits per heavy atom. The number of carbonyl (C=O) groups excluding carboxylic acids is 1. The fourth-order valence-electron chi connectivity index (χ4n) is 2.98. The number of pyridine rings is 1. The topological polar surface area (TPSA) is 90.0 Å². The molecule has 5 rings (SSSR count). The van der Waals surface area contributed by atoms with Crippen molar-refractivity contribution in [3.8, 4) is 11.4 Å². The van der Waals surface area contributed by atoms with Crippen molar-refractivity contribution in [2.45, 2.75) is 25.8 Å². The molecule has 1 amide bonds. The molecule has 1 saturated carbocycles. The van der Waals surface area contributed by atoms with E-state index in [1.165, 1.54) is 0 Å². The lowest BCUT2D eigenvalue weighted by molar-refractivity contribution is 0.102. The number of fused-ring (bicyclic) bond motifs is 1. The zero-order valence-electron chi connectivity index (χ0n) is 14.7. The fraction of sp³-hybridized carbons (Fsp3) is 0.211. The molecule has 0 bridgehead atoms. The third-order valence-corrected chi connectivity index (χ3v) is 4.70. The zero-order valence-corrected chi connectivity index (χ0v) is 14.7. The average molecular weight is 361 g/mol. The van der Waals surface area contributed by atoms with Crippen LogP contribution in [-0.2, 0) is 0 Å². The molecule has 27 heavy (non-hydrogen) atoms. The monoisotopic (exact) mass is 361 g/mol. The molecule has 8 nitrogen and oxygen atoms in total. The van der Waals surface area contributed by atoms with Crippen molar-refractivity contribution in [3.05, 3.63) is 60.0 Å². The van der Waals surface area contributed by atoms with E-state index in [1.807, 2.05) is 49.5 Å². The van der Waals surface area contributed by atoms with E-state index in [9.17, 15) is 4.79 Å². The summed E-state index contributed by atoms with van der Waals surface area (Å²) in [5.74, 6) is 0.343. The molecule has 1 N–H and O–H groups in total. The third-order valence-electron chi connectivity index (χ3n) is 4.70. The highest BCUT2D eigenvalue weighted by Gasteiger charge is 2.26. The largest absolute Gasteiger partial charge is 0.320 e. The Morgan fingerprint density at radius 1 is 1.26 bits per heavy atom. The molecule has 0 atom stereocenters. The van der Waals surface area contributed by atoms with Crippen LogP contribution >= 0.6 is 0 Å². The van der Waals surface area contributed by atoms with Crippen molar-refractivity contribution in [1.29, 1.82) is 0 Å². The molecule has 8 heteroatoms. The van der Waals surface area contributed by atoms with E-state index < -0.39 is 0 Å². The molecule has 3 heterocycles. The van der Waals surface area contributed by atoms with E-state index in [4.69, 9.17) is 0 Å². The number of aromatic nitrogens is 6. The highest BCUT2D eigenvalue weighted by atomic mass is 16.1. The molecule has 0 unspecified atom stereocenters. The number of anilines is 1. The number of rotatable bonds is 4. The first-order valence-corrected chi connectivity index (χ1v) is 8.83. The molecule has 1 aliphatic rings. The van der Waals surface area contributed by atoms with Crippen LogP contribution < -0.4 is 5.32 Å². The number of amides is 1. The number of tetrazole rings is 1. The second kappa shape index (κ2) is 6.01. The first-order valence-electron chi connectivity index (χ1n) is 8.83. The number of benzene rings is 1. The van der Waals surface area contributed by atoms with Crippen LogP contribution in [0.4, 0.5) is 5.69 Å². The Bertz CT molecular complexity index is 1160. The third kappa shape index (κ3) is 2.84. The number of carbonyl (C=O) groups is 1. The van der Waals surface area contributed by atoms with Crippen molar-refractivity contribution in [2.75, 3.05) is 5.32 Å². The quantitative estimate of drug-likeness (QED) is 0.603. The van der Waals surface area contributed by atoms with E-state index in [-0.39, 0.29) is 7.33 Å². The summed E-state index contributed by atoms with van der Waals surface area (Å²) in [6.45, 7) is 1.95. The summed E-state index contributed by atoms with van der Waals surface area (Å²) in [4.78, 5) is 18.7. The summed E-state index contributed by atoms with van der Waals surface area (Å²) in [5.41, 5.74) is 3.70. The Balaban J connectivity index is 0.00000192. The van der Waals surface area contributed by atoms with Crippen LogP contribution in [-0.4, -0.2) is 35.5 Å². The van der Waals surface area contributed by atoms with Gasteiger partial charge in [-0.05, 0) is 48.7 Å². The molecule has 1 aromatic carbocycles. The summed E-state index contributed by atoms with van der Waals surface area (Å²) < 4.78 is 1.76. The van der Waals surface area contributed by atoms with Gasteiger partial charge < -0.3 is 5.32 Å². The minimum Gasteiger partial charge on any atom is -0.320 e. The zero-order chi connectivity index (χ0) is 18.4. The minimum absolute atomic E-state index is 0. The van der Waals surface area contributed by atoms with E-state index >= 15 is 0 Å². The summed E-state index contributed by atoms with van der Waals surface area (Å²) in [5, 5.41) is 15.7. The maximum absolute atomic E-state index is 12.8. The van der Waals surface area contributed by atoms with Gasteiger partial charge in [-0.25, -0.2) is 4.98 Å². The molecule has 0 aliphatic heterocycles. The average Bonchev–Trinajstić information content (AvgIpc) is 3.25. The second-order valence-electron chi connectivity index (χ2n) is 6.72. The predicted molar refractivity (Wildman–Crippen MR) is 102 cm³/mol. The van der Waals surface area contributed by atoms with E-state index in [1.54, 1.807) is 15.4 Å². The lowest BCUT2D eigenvalue weighted by Gasteiger charge is -2.09. The molecule has 1 fully saturated rings. The highest BCUT2D eigenvalue weighted by molar-refractivity contribution is 6.04. The van der Waals surface area contributed by atoms with Gasteiger partial charge in [-0.15, -0.1) is 10.2 Å². The summed E-state index contributed by atoms with van der Waals surface area (Å²) in [6, 6.07) is 11.8. The van der Waals surface area contributed by atoms with Crippen LogP contribution in [0.1, 0.15) is 36.4 Å². The molecule has 3 aromatic heterocycles. The molecular weight excluding hydrogens is 342 g/mol. The van der Waals surface area contributed by atoms with E-state index in [0.717, 1.165) is 29.6 Å². The van der Waals surface area contributed by atoms with Crippen LogP contribution in [0.5, 0.6) is 0 Å². The number of hydrogen-bond acceptors (Lipinski definition) is 5. The molecule has 136 valence electrons. The Hall–Kier alpha value is -3.55. The van der Waals surface area contributed by atoms with Crippen molar-refractivity contribution >= 4 is 17.2 Å². The SMILES string of the molecule is Cc1ccc(-c2nnn(C3CC3)n2)cc1NC(=O)c1cnc2ccccn12.[HH]. The van der Waals surface area contributed by atoms with Gasteiger partial charge in [0.05, 0.1) is 12.2 Å². The van der Waals surface area contributed by atoms with Crippen LogP contribution in [0.15, 0.2) is 48.8 Å². The second-order valence-corrected chi connectivity index (χ2v) is 6.72. The van der Waals surface area contributed by atoms with Crippen molar-refractivity contribution < 1.29 is 6.22 Å². The summed E-state index contributed by atoms with van der Waals surface area (Å²) >= 11 is 0. The van der Waals surface area contributed by atoms with Gasteiger partial charge in [-0.2, -0.15) is 4.80 Å². The highest BCUT2D eigenvalue weighted by Crippen LogP contribution is 2.33.